The number of likely N-dealkylation sites (tertiary alicyclic amines) is 1. The van der Waals surface area contributed by atoms with E-state index in [0.29, 0.717) is 6.54 Å². The Morgan fingerprint density at radius 1 is 1.04 bits per heavy atom. The first-order valence-corrected chi connectivity index (χ1v) is 9.45. The molecule has 2 aliphatic heterocycles. The molecule has 24 heavy (non-hydrogen) atoms. The number of piperidine rings is 1. The molecule has 2 atom stereocenters. The third-order valence-electron chi connectivity index (χ3n) is 5.93. The van der Waals surface area contributed by atoms with Crippen LogP contribution in [-0.2, 0) is 4.79 Å². The van der Waals surface area contributed by atoms with Crippen LogP contribution < -0.4 is 0 Å². The second kappa shape index (κ2) is 7.06. The van der Waals surface area contributed by atoms with Gasteiger partial charge in [-0.15, -0.1) is 0 Å². The van der Waals surface area contributed by atoms with Crippen LogP contribution in [0.3, 0.4) is 0 Å². The molecule has 1 aromatic carbocycles. The summed E-state index contributed by atoms with van der Waals surface area (Å²) >= 11 is 0. The second-order valence-electron chi connectivity index (χ2n) is 7.51. The van der Waals surface area contributed by atoms with E-state index in [4.69, 9.17) is 0 Å². The number of hydrogen-bond acceptors (Lipinski definition) is 3. The van der Waals surface area contributed by atoms with Crippen LogP contribution in [-0.4, -0.2) is 47.7 Å². The number of carbonyl (C=O) groups excluding carboxylic acids is 1. The SMILES string of the molecule is O=C(CN1CC[C@@H]2CCCC[C@H]2C1)N1CCC(c2ccccc2)=N1. The summed E-state index contributed by atoms with van der Waals surface area (Å²) < 4.78 is 0. The molecule has 0 bridgehead atoms. The van der Waals surface area contributed by atoms with Gasteiger partial charge in [0.15, 0.2) is 0 Å². The fourth-order valence-electron chi connectivity index (χ4n) is 4.56. The minimum absolute atomic E-state index is 0.162. The molecule has 2 heterocycles. The van der Waals surface area contributed by atoms with Crippen LogP contribution in [0.1, 0.15) is 44.1 Å². The van der Waals surface area contributed by atoms with Gasteiger partial charge in [0.1, 0.15) is 0 Å². The van der Waals surface area contributed by atoms with Crippen LogP contribution >= 0.6 is 0 Å². The maximum Gasteiger partial charge on any atom is 0.256 e. The Morgan fingerprint density at radius 2 is 1.83 bits per heavy atom. The van der Waals surface area contributed by atoms with E-state index in [2.05, 4.69) is 22.1 Å². The van der Waals surface area contributed by atoms with E-state index in [1.165, 1.54) is 32.1 Å². The summed E-state index contributed by atoms with van der Waals surface area (Å²) in [4.78, 5) is 15.0. The summed E-state index contributed by atoms with van der Waals surface area (Å²) in [7, 11) is 0. The molecule has 1 aromatic rings. The fourth-order valence-corrected chi connectivity index (χ4v) is 4.56. The number of nitrogens with zero attached hydrogens (tertiary/aromatic N) is 3. The highest BCUT2D eigenvalue weighted by molar-refractivity contribution is 6.02. The molecule has 1 saturated heterocycles. The number of hydrogen-bond donors (Lipinski definition) is 0. The number of hydrazone groups is 1. The second-order valence-corrected chi connectivity index (χ2v) is 7.51. The van der Waals surface area contributed by atoms with Crippen molar-refractivity contribution in [3.05, 3.63) is 35.9 Å². The first-order valence-electron chi connectivity index (χ1n) is 9.45. The highest BCUT2D eigenvalue weighted by Crippen LogP contribution is 2.35. The quantitative estimate of drug-likeness (QED) is 0.856. The van der Waals surface area contributed by atoms with Gasteiger partial charge in [0.05, 0.1) is 18.8 Å². The van der Waals surface area contributed by atoms with Gasteiger partial charge >= 0.3 is 0 Å². The van der Waals surface area contributed by atoms with E-state index in [1.54, 1.807) is 5.01 Å². The highest BCUT2D eigenvalue weighted by atomic mass is 16.2. The van der Waals surface area contributed by atoms with Gasteiger partial charge in [0.25, 0.3) is 5.91 Å². The van der Waals surface area contributed by atoms with E-state index >= 15 is 0 Å². The number of benzene rings is 1. The zero-order valence-electron chi connectivity index (χ0n) is 14.4. The Balaban J connectivity index is 1.34. The molecule has 4 heteroatoms. The minimum atomic E-state index is 0.162. The number of fused-ring (bicyclic) bond motifs is 1. The first kappa shape index (κ1) is 15.8. The molecule has 0 N–H and O–H groups in total. The Kier molecular flexibility index (Phi) is 4.65. The van der Waals surface area contributed by atoms with Crippen LogP contribution in [0.15, 0.2) is 35.4 Å². The molecule has 0 spiro atoms. The lowest BCUT2D eigenvalue weighted by Crippen LogP contribution is -2.46. The smallest absolute Gasteiger partial charge is 0.256 e. The fraction of sp³-hybridized carbons (Fsp3) is 0.600. The largest absolute Gasteiger partial charge is 0.294 e. The van der Waals surface area contributed by atoms with Gasteiger partial charge in [0.2, 0.25) is 0 Å². The zero-order valence-corrected chi connectivity index (χ0v) is 14.4. The molecule has 4 nitrogen and oxygen atoms in total. The van der Waals surface area contributed by atoms with Gasteiger partial charge in [-0.3, -0.25) is 9.69 Å². The standard InChI is InChI=1S/C20H27N3O/c24-20(15-22-12-10-16-6-4-5-9-18(16)14-22)23-13-11-19(21-23)17-7-2-1-3-8-17/h1-3,7-8,16,18H,4-6,9-15H2/t16-,18-/m0/s1. The number of carbonyl (C=O) groups is 1. The number of rotatable bonds is 3. The summed E-state index contributed by atoms with van der Waals surface area (Å²) in [6.07, 6.45) is 7.68. The van der Waals surface area contributed by atoms with Crippen molar-refractivity contribution in [1.29, 1.82) is 0 Å². The van der Waals surface area contributed by atoms with Crippen LogP contribution in [0.5, 0.6) is 0 Å². The molecule has 0 unspecified atom stereocenters. The molecule has 0 aromatic heterocycles. The Hall–Kier alpha value is -1.68. The van der Waals surface area contributed by atoms with Crippen LogP contribution in [0.4, 0.5) is 0 Å². The average Bonchev–Trinajstić information content (AvgIpc) is 3.13. The first-order chi connectivity index (χ1) is 11.8. The van der Waals surface area contributed by atoms with Gasteiger partial charge < -0.3 is 0 Å². The summed E-state index contributed by atoms with van der Waals surface area (Å²) in [6, 6.07) is 10.2. The van der Waals surface area contributed by atoms with Crippen molar-refractivity contribution in [1.82, 2.24) is 9.91 Å². The summed E-state index contributed by atoms with van der Waals surface area (Å²) in [5.74, 6) is 1.90. The average molecular weight is 325 g/mol. The van der Waals surface area contributed by atoms with Gasteiger partial charge in [-0.1, -0.05) is 49.6 Å². The molecule has 0 radical (unpaired) electrons. The van der Waals surface area contributed by atoms with E-state index in [-0.39, 0.29) is 5.91 Å². The summed E-state index contributed by atoms with van der Waals surface area (Å²) in [5.41, 5.74) is 2.17. The molecular weight excluding hydrogens is 298 g/mol. The molecule has 1 amide bonds. The van der Waals surface area contributed by atoms with Gasteiger partial charge in [-0.05, 0) is 36.8 Å². The monoisotopic (exact) mass is 325 g/mol. The normalized spacial score (nSPS) is 27.7. The van der Waals surface area contributed by atoms with E-state index < -0.39 is 0 Å². The molecule has 4 rings (SSSR count). The van der Waals surface area contributed by atoms with Crippen molar-refractivity contribution in [2.45, 2.75) is 38.5 Å². The van der Waals surface area contributed by atoms with E-state index in [1.807, 2.05) is 18.2 Å². The van der Waals surface area contributed by atoms with E-state index in [0.717, 1.165) is 49.2 Å². The summed E-state index contributed by atoms with van der Waals surface area (Å²) in [5, 5.41) is 6.27. The minimum Gasteiger partial charge on any atom is -0.294 e. The third-order valence-corrected chi connectivity index (χ3v) is 5.93. The van der Waals surface area contributed by atoms with Crippen LogP contribution in [0.2, 0.25) is 0 Å². The van der Waals surface area contributed by atoms with Crippen molar-refractivity contribution in [2.75, 3.05) is 26.2 Å². The predicted octanol–water partition coefficient (Wildman–Crippen LogP) is 3.14. The van der Waals surface area contributed by atoms with Crippen molar-refractivity contribution >= 4 is 11.6 Å². The maximum atomic E-state index is 12.6. The van der Waals surface area contributed by atoms with Crippen molar-refractivity contribution < 1.29 is 4.79 Å². The zero-order chi connectivity index (χ0) is 16.4. The van der Waals surface area contributed by atoms with Crippen molar-refractivity contribution in [2.24, 2.45) is 16.9 Å². The molecule has 3 aliphatic rings. The highest BCUT2D eigenvalue weighted by Gasteiger charge is 2.32. The lowest BCUT2D eigenvalue weighted by atomic mass is 9.75. The number of amides is 1. The third kappa shape index (κ3) is 3.39. The molecular formula is C20H27N3O. The van der Waals surface area contributed by atoms with Crippen molar-refractivity contribution in [3.8, 4) is 0 Å². The lowest BCUT2D eigenvalue weighted by molar-refractivity contribution is -0.132. The Bertz CT molecular complexity index is 613. The van der Waals surface area contributed by atoms with Gasteiger partial charge in [-0.2, -0.15) is 5.10 Å². The predicted molar refractivity (Wildman–Crippen MR) is 95.8 cm³/mol. The van der Waals surface area contributed by atoms with Crippen LogP contribution in [0, 0.1) is 11.8 Å². The van der Waals surface area contributed by atoms with Gasteiger partial charge in [-0.25, -0.2) is 5.01 Å². The Labute approximate surface area is 144 Å². The molecule has 2 fully saturated rings. The van der Waals surface area contributed by atoms with Gasteiger partial charge in [0, 0.05) is 13.0 Å². The van der Waals surface area contributed by atoms with Crippen LogP contribution in [0.25, 0.3) is 0 Å². The lowest BCUT2D eigenvalue weighted by Gasteiger charge is -2.41. The molecule has 128 valence electrons. The molecule has 1 saturated carbocycles. The van der Waals surface area contributed by atoms with E-state index in [9.17, 15) is 4.79 Å². The summed E-state index contributed by atoms with van der Waals surface area (Å²) in [6.45, 7) is 3.45. The Morgan fingerprint density at radius 3 is 2.67 bits per heavy atom. The topological polar surface area (TPSA) is 35.9 Å². The maximum absolute atomic E-state index is 12.6. The molecule has 1 aliphatic carbocycles. The van der Waals surface area contributed by atoms with Crippen molar-refractivity contribution in [3.63, 3.8) is 0 Å².